The average molecular weight is 344 g/mol. The number of aliphatic hydroxyl groups excluding tert-OH is 1. The van der Waals surface area contributed by atoms with E-state index in [-0.39, 0.29) is 12.6 Å². The first kappa shape index (κ1) is 19.0. The van der Waals surface area contributed by atoms with Gasteiger partial charge in [0, 0.05) is 25.8 Å². The van der Waals surface area contributed by atoms with Gasteiger partial charge < -0.3 is 15.7 Å². The largest absolute Gasteiger partial charge is 0.387 e. The Balaban J connectivity index is 1.78. The quantitative estimate of drug-likeness (QED) is 0.752. The van der Waals surface area contributed by atoms with E-state index >= 15 is 0 Å². The number of carbonyl (C=O) groups is 1. The normalized spacial score (nSPS) is 12.1. The van der Waals surface area contributed by atoms with Gasteiger partial charge in [0.25, 0.3) is 0 Å². The molecule has 1 aromatic carbocycles. The van der Waals surface area contributed by atoms with Gasteiger partial charge >= 0.3 is 6.03 Å². The lowest BCUT2D eigenvalue weighted by molar-refractivity contribution is 0.173. The van der Waals surface area contributed by atoms with E-state index in [0.717, 1.165) is 40.1 Å². The van der Waals surface area contributed by atoms with Gasteiger partial charge in [-0.3, -0.25) is 4.68 Å². The lowest BCUT2D eigenvalue weighted by Gasteiger charge is -2.14. The fourth-order valence-corrected chi connectivity index (χ4v) is 3.05. The summed E-state index contributed by atoms with van der Waals surface area (Å²) in [6.45, 7) is 8.69. The molecular formula is C19H28N4O2. The predicted molar refractivity (Wildman–Crippen MR) is 98.7 cm³/mol. The number of nitrogens with one attached hydrogen (secondary N) is 2. The lowest BCUT2D eigenvalue weighted by Crippen LogP contribution is -2.38. The van der Waals surface area contributed by atoms with Crippen molar-refractivity contribution in [3.8, 4) is 0 Å². The molecule has 0 aliphatic rings. The average Bonchev–Trinajstić information content (AvgIpc) is 2.77. The van der Waals surface area contributed by atoms with Crippen molar-refractivity contribution in [3.05, 3.63) is 51.8 Å². The van der Waals surface area contributed by atoms with Crippen LogP contribution >= 0.6 is 0 Å². The Morgan fingerprint density at radius 1 is 1.16 bits per heavy atom. The number of hydrogen-bond acceptors (Lipinski definition) is 3. The van der Waals surface area contributed by atoms with Crippen molar-refractivity contribution in [2.45, 2.75) is 40.2 Å². The van der Waals surface area contributed by atoms with E-state index in [1.54, 1.807) is 0 Å². The molecule has 0 saturated heterocycles. The summed E-state index contributed by atoms with van der Waals surface area (Å²) < 4.78 is 1.85. The Bertz CT molecular complexity index is 732. The first-order chi connectivity index (χ1) is 11.8. The van der Waals surface area contributed by atoms with E-state index in [1.807, 2.05) is 51.6 Å². The SMILES string of the molecule is Cc1cc(C)cc([C@@H](O)CNC(=O)NCCc2c(C)nn(C)c2C)c1. The molecule has 1 aromatic heterocycles. The molecule has 6 nitrogen and oxygen atoms in total. The van der Waals surface area contributed by atoms with Crippen LogP contribution in [0, 0.1) is 27.7 Å². The summed E-state index contributed by atoms with van der Waals surface area (Å²) in [5, 5.41) is 20.2. The molecule has 2 rings (SSSR count). The number of rotatable bonds is 6. The molecule has 6 heteroatoms. The summed E-state index contributed by atoms with van der Waals surface area (Å²) in [7, 11) is 1.92. The van der Waals surface area contributed by atoms with E-state index in [9.17, 15) is 9.90 Å². The molecule has 2 amide bonds. The minimum Gasteiger partial charge on any atom is -0.387 e. The van der Waals surface area contributed by atoms with Crippen molar-refractivity contribution in [1.29, 1.82) is 0 Å². The zero-order valence-corrected chi connectivity index (χ0v) is 15.7. The highest BCUT2D eigenvalue weighted by molar-refractivity contribution is 5.73. The van der Waals surface area contributed by atoms with Gasteiger partial charge in [-0.2, -0.15) is 5.10 Å². The summed E-state index contributed by atoms with van der Waals surface area (Å²) in [6, 6.07) is 5.65. The first-order valence-corrected chi connectivity index (χ1v) is 8.55. The molecule has 0 unspecified atom stereocenters. The van der Waals surface area contributed by atoms with Crippen LogP contribution in [0.1, 0.15) is 39.7 Å². The molecule has 0 radical (unpaired) electrons. The van der Waals surface area contributed by atoms with Crippen LogP contribution in [0.3, 0.4) is 0 Å². The molecule has 0 spiro atoms. The smallest absolute Gasteiger partial charge is 0.314 e. The standard InChI is InChI=1S/C19H28N4O2/c1-12-8-13(2)10-16(9-12)18(24)11-21-19(25)20-7-6-17-14(3)22-23(5)15(17)4/h8-10,18,24H,6-7,11H2,1-5H3,(H2,20,21,25)/t18-/m0/s1. The van der Waals surface area contributed by atoms with Gasteiger partial charge in [0.15, 0.2) is 0 Å². The zero-order valence-electron chi connectivity index (χ0n) is 15.7. The third-order valence-electron chi connectivity index (χ3n) is 4.40. The minimum atomic E-state index is -0.716. The van der Waals surface area contributed by atoms with Gasteiger partial charge in [-0.05, 0) is 45.2 Å². The van der Waals surface area contributed by atoms with E-state index < -0.39 is 6.10 Å². The van der Waals surface area contributed by atoms with Crippen molar-refractivity contribution in [2.24, 2.45) is 7.05 Å². The maximum atomic E-state index is 11.9. The van der Waals surface area contributed by atoms with Gasteiger partial charge in [0.2, 0.25) is 0 Å². The predicted octanol–water partition coefficient (Wildman–Crippen LogP) is 2.23. The zero-order chi connectivity index (χ0) is 18.6. The van der Waals surface area contributed by atoms with Crippen LogP contribution in [0.15, 0.2) is 18.2 Å². The Kier molecular flexibility index (Phi) is 6.20. The van der Waals surface area contributed by atoms with Crippen LogP contribution in [-0.2, 0) is 13.5 Å². The number of benzene rings is 1. The van der Waals surface area contributed by atoms with Crippen LogP contribution in [0.4, 0.5) is 4.79 Å². The Morgan fingerprint density at radius 2 is 1.80 bits per heavy atom. The van der Waals surface area contributed by atoms with E-state index in [2.05, 4.69) is 21.8 Å². The minimum absolute atomic E-state index is 0.180. The highest BCUT2D eigenvalue weighted by atomic mass is 16.3. The topological polar surface area (TPSA) is 79.2 Å². The third-order valence-corrected chi connectivity index (χ3v) is 4.40. The highest BCUT2D eigenvalue weighted by Crippen LogP contribution is 2.16. The number of aromatic nitrogens is 2. The molecule has 25 heavy (non-hydrogen) atoms. The maximum absolute atomic E-state index is 11.9. The second-order valence-electron chi connectivity index (χ2n) is 6.60. The summed E-state index contributed by atoms with van der Waals surface area (Å²) >= 11 is 0. The second-order valence-corrected chi connectivity index (χ2v) is 6.60. The number of amides is 2. The van der Waals surface area contributed by atoms with E-state index in [1.165, 1.54) is 0 Å². The molecule has 0 fully saturated rings. The van der Waals surface area contributed by atoms with Crippen LogP contribution < -0.4 is 10.6 Å². The Morgan fingerprint density at radius 3 is 2.36 bits per heavy atom. The molecule has 136 valence electrons. The fraction of sp³-hybridized carbons (Fsp3) is 0.474. The molecule has 3 N–H and O–H groups in total. The van der Waals surface area contributed by atoms with Crippen molar-refractivity contribution in [2.75, 3.05) is 13.1 Å². The number of aryl methyl sites for hydroxylation is 4. The van der Waals surface area contributed by atoms with Crippen molar-refractivity contribution in [1.82, 2.24) is 20.4 Å². The van der Waals surface area contributed by atoms with Gasteiger partial charge in [-0.15, -0.1) is 0 Å². The number of aliphatic hydroxyl groups is 1. The van der Waals surface area contributed by atoms with Gasteiger partial charge in [-0.25, -0.2) is 4.79 Å². The maximum Gasteiger partial charge on any atom is 0.314 e. The third kappa shape index (κ3) is 5.06. The monoisotopic (exact) mass is 344 g/mol. The molecule has 2 aromatic rings. The molecular weight excluding hydrogens is 316 g/mol. The summed E-state index contributed by atoms with van der Waals surface area (Å²) in [5.74, 6) is 0. The molecule has 0 aliphatic heterocycles. The van der Waals surface area contributed by atoms with Crippen LogP contribution in [0.25, 0.3) is 0 Å². The van der Waals surface area contributed by atoms with Crippen LogP contribution in [-0.4, -0.2) is 34.0 Å². The molecule has 0 aliphatic carbocycles. The number of carbonyl (C=O) groups excluding carboxylic acids is 1. The summed E-state index contributed by atoms with van der Waals surface area (Å²) in [4.78, 5) is 11.9. The molecule has 0 bridgehead atoms. The summed E-state index contributed by atoms with van der Waals surface area (Å²) in [6.07, 6.45) is 0.0191. The lowest BCUT2D eigenvalue weighted by atomic mass is 10.0. The van der Waals surface area contributed by atoms with Crippen molar-refractivity contribution < 1.29 is 9.90 Å². The van der Waals surface area contributed by atoms with Crippen molar-refractivity contribution in [3.63, 3.8) is 0 Å². The number of urea groups is 1. The molecule has 1 heterocycles. The molecule has 1 atom stereocenters. The summed E-state index contributed by atoms with van der Waals surface area (Å²) in [5.41, 5.74) is 6.29. The second kappa shape index (κ2) is 8.16. The first-order valence-electron chi connectivity index (χ1n) is 8.55. The Hall–Kier alpha value is -2.34. The number of hydrogen-bond donors (Lipinski definition) is 3. The van der Waals surface area contributed by atoms with Gasteiger partial charge in [-0.1, -0.05) is 29.3 Å². The fourth-order valence-electron chi connectivity index (χ4n) is 3.05. The van der Waals surface area contributed by atoms with Gasteiger partial charge in [0.1, 0.15) is 0 Å². The Labute approximate surface area is 149 Å². The number of nitrogens with zero attached hydrogens (tertiary/aromatic N) is 2. The van der Waals surface area contributed by atoms with E-state index in [4.69, 9.17) is 0 Å². The molecule has 0 saturated carbocycles. The van der Waals surface area contributed by atoms with E-state index in [0.29, 0.717) is 6.54 Å². The van der Waals surface area contributed by atoms with Crippen LogP contribution in [0.2, 0.25) is 0 Å². The van der Waals surface area contributed by atoms with Gasteiger partial charge in [0.05, 0.1) is 11.8 Å². The van der Waals surface area contributed by atoms with Crippen LogP contribution in [0.5, 0.6) is 0 Å². The van der Waals surface area contributed by atoms with Crippen molar-refractivity contribution >= 4 is 6.03 Å². The highest BCUT2D eigenvalue weighted by Gasteiger charge is 2.12.